The van der Waals surface area contributed by atoms with Gasteiger partial charge in [0.05, 0.1) is 29.3 Å². The van der Waals surface area contributed by atoms with Crippen molar-refractivity contribution in [3.63, 3.8) is 0 Å². The Morgan fingerprint density at radius 1 is 0.964 bits per heavy atom. The highest BCUT2D eigenvalue weighted by Crippen LogP contribution is 2.36. The summed E-state index contributed by atoms with van der Waals surface area (Å²) < 4.78 is 16.0. The van der Waals surface area contributed by atoms with Gasteiger partial charge < -0.3 is 29.7 Å². The Kier molecular flexibility index (Phi) is 11.6. The molecule has 7 rings (SSSR count). The first-order valence-electron chi connectivity index (χ1n) is 18.9. The summed E-state index contributed by atoms with van der Waals surface area (Å²) in [4.78, 5) is 56.3. The standard InChI is InChI=1S/C41H47FN10O3/c1-43-41(55)36(15-8-26-53)51(29-54)35-13-4-3-12-34(35)47(2)20-21-48-22-24-49(25-23-48)39-16-6-11-32(45-39)37-28-44-38-17-18-40(46-52(37)38)50-19-7-14-33(50)30-9-5-10-31(42)27-30/h3-6,9-13,16-18,26-29,33,36H,7-8,14-15,19-25H2,1-2H3,(H,43,55). The van der Waals surface area contributed by atoms with Crippen molar-refractivity contribution in [3.05, 3.63) is 96.4 Å². The van der Waals surface area contributed by atoms with Crippen LogP contribution in [0.25, 0.3) is 17.0 Å². The molecule has 2 aromatic carbocycles. The molecule has 2 aliphatic rings. The largest absolute Gasteiger partial charge is 0.372 e. The predicted octanol–water partition coefficient (Wildman–Crippen LogP) is 4.59. The van der Waals surface area contributed by atoms with E-state index in [0.29, 0.717) is 18.6 Å². The van der Waals surface area contributed by atoms with Crippen LogP contribution in [0.5, 0.6) is 0 Å². The molecule has 2 amide bonds. The number of halogens is 1. The number of imidazole rings is 1. The normalized spacial score (nSPS) is 16.6. The maximum Gasteiger partial charge on any atom is 0.242 e. The van der Waals surface area contributed by atoms with Gasteiger partial charge in [0.1, 0.15) is 35.5 Å². The molecule has 13 nitrogen and oxygen atoms in total. The number of hydrogen-bond donors (Lipinski definition) is 1. The Morgan fingerprint density at radius 2 is 1.76 bits per heavy atom. The first kappa shape index (κ1) is 37.4. The minimum Gasteiger partial charge on any atom is -0.372 e. The summed E-state index contributed by atoms with van der Waals surface area (Å²) in [5, 5.41) is 7.65. The molecule has 3 aromatic heterocycles. The van der Waals surface area contributed by atoms with Gasteiger partial charge in [-0.05, 0) is 73.4 Å². The highest BCUT2D eigenvalue weighted by molar-refractivity contribution is 5.95. The van der Waals surface area contributed by atoms with Gasteiger partial charge >= 0.3 is 0 Å². The minimum atomic E-state index is -0.792. The summed E-state index contributed by atoms with van der Waals surface area (Å²) in [6.45, 7) is 5.70. The van der Waals surface area contributed by atoms with Gasteiger partial charge in [-0.15, -0.1) is 5.10 Å². The maximum absolute atomic E-state index is 14.1. The third kappa shape index (κ3) is 8.14. The number of fused-ring (bicyclic) bond motifs is 1. The van der Waals surface area contributed by atoms with Gasteiger partial charge in [0, 0.05) is 66.3 Å². The number of aldehydes is 1. The number of carbonyl (C=O) groups is 3. The first-order valence-corrected chi connectivity index (χ1v) is 18.9. The third-order valence-corrected chi connectivity index (χ3v) is 10.7. The fourth-order valence-electron chi connectivity index (χ4n) is 7.74. The monoisotopic (exact) mass is 746 g/mol. The smallest absolute Gasteiger partial charge is 0.242 e. The molecule has 2 fully saturated rings. The predicted molar refractivity (Wildman–Crippen MR) is 212 cm³/mol. The lowest BCUT2D eigenvalue weighted by atomic mass is 10.0. The van der Waals surface area contributed by atoms with Gasteiger partial charge in [0.2, 0.25) is 12.3 Å². The van der Waals surface area contributed by atoms with E-state index in [9.17, 15) is 18.8 Å². The van der Waals surface area contributed by atoms with Crippen LogP contribution in [0.3, 0.4) is 0 Å². The van der Waals surface area contributed by atoms with Crippen molar-refractivity contribution in [2.24, 2.45) is 0 Å². The van der Waals surface area contributed by atoms with Crippen LogP contribution in [-0.4, -0.2) is 109 Å². The zero-order chi connectivity index (χ0) is 38.3. The number of amides is 2. The minimum absolute atomic E-state index is 0.0599. The average molecular weight is 747 g/mol. The van der Waals surface area contributed by atoms with Crippen molar-refractivity contribution < 1.29 is 18.8 Å². The first-order chi connectivity index (χ1) is 26.9. The van der Waals surface area contributed by atoms with E-state index in [2.05, 4.69) is 29.9 Å². The Labute approximate surface area is 320 Å². The van der Waals surface area contributed by atoms with Crippen LogP contribution < -0.4 is 24.9 Å². The number of anilines is 4. The van der Waals surface area contributed by atoms with Crippen molar-refractivity contribution >= 4 is 47.3 Å². The summed E-state index contributed by atoms with van der Waals surface area (Å²) in [5.74, 6) is 1.18. The Hall–Kier alpha value is -5.89. The molecule has 2 atom stereocenters. The quantitative estimate of drug-likeness (QED) is 0.152. The molecule has 286 valence electrons. The molecule has 2 unspecified atom stereocenters. The van der Waals surface area contributed by atoms with E-state index in [1.54, 1.807) is 12.1 Å². The number of benzene rings is 2. The fourth-order valence-corrected chi connectivity index (χ4v) is 7.74. The van der Waals surface area contributed by atoms with Crippen molar-refractivity contribution in [1.82, 2.24) is 29.8 Å². The number of aromatic nitrogens is 4. The van der Waals surface area contributed by atoms with Crippen LogP contribution in [0.1, 0.15) is 37.3 Å². The number of pyridine rings is 1. The molecule has 5 heterocycles. The van der Waals surface area contributed by atoms with Gasteiger partial charge in [0.25, 0.3) is 0 Å². The lowest BCUT2D eigenvalue weighted by Crippen LogP contribution is -2.48. The zero-order valence-corrected chi connectivity index (χ0v) is 31.3. The number of piperazine rings is 1. The molecular weight excluding hydrogens is 700 g/mol. The van der Waals surface area contributed by atoms with E-state index in [0.717, 1.165) is 98.3 Å². The second-order valence-electron chi connectivity index (χ2n) is 14.0. The van der Waals surface area contributed by atoms with E-state index in [1.165, 1.54) is 18.0 Å². The molecule has 55 heavy (non-hydrogen) atoms. The van der Waals surface area contributed by atoms with Gasteiger partial charge in [-0.25, -0.2) is 18.9 Å². The van der Waals surface area contributed by atoms with Gasteiger partial charge in [0.15, 0.2) is 5.65 Å². The van der Waals surface area contributed by atoms with Crippen LogP contribution in [0.15, 0.2) is 85.1 Å². The van der Waals surface area contributed by atoms with Crippen molar-refractivity contribution in [1.29, 1.82) is 0 Å². The molecule has 5 aromatic rings. The van der Waals surface area contributed by atoms with E-state index in [4.69, 9.17) is 10.1 Å². The SMILES string of the molecule is CNC(=O)C(CCC=O)N(C=O)c1ccccc1N(C)CCN1CCN(c2cccc(-c3cnc4ccc(N5CCCC5c5cccc(F)c5)nn34)n2)CC1. The number of rotatable bonds is 15. The highest BCUT2D eigenvalue weighted by Gasteiger charge is 2.29. The zero-order valence-electron chi connectivity index (χ0n) is 31.3. The summed E-state index contributed by atoms with van der Waals surface area (Å²) in [7, 11) is 3.51. The Balaban J connectivity index is 0.996. The van der Waals surface area contributed by atoms with Crippen LogP contribution in [-0.2, 0) is 14.4 Å². The lowest BCUT2D eigenvalue weighted by molar-refractivity contribution is -0.123. The van der Waals surface area contributed by atoms with Crippen molar-refractivity contribution in [2.75, 3.05) is 79.5 Å². The van der Waals surface area contributed by atoms with Crippen LogP contribution in [0.4, 0.5) is 27.4 Å². The second-order valence-corrected chi connectivity index (χ2v) is 14.0. The summed E-state index contributed by atoms with van der Waals surface area (Å²) >= 11 is 0. The number of likely N-dealkylation sites (N-methyl/N-ethyl adjacent to an activating group) is 2. The lowest BCUT2D eigenvalue weighted by Gasteiger charge is -2.37. The summed E-state index contributed by atoms with van der Waals surface area (Å²) in [6, 6.07) is 23.7. The molecule has 2 aliphatic heterocycles. The molecule has 0 saturated carbocycles. The van der Waals surface area contributed by atoms with E-state index in [1.807, 2.05) is 78.4 Å². The van der Waals surface area contributed by atoms with Crippen LogP contribution in [0, 0.1) is 5.82 Å². The van der Waals surface area contributed by atoms with Crippen LogP contribution in [0.2, 0.25) is 0 Å². The molecule has 2 saturated heterocycles. The van der Waals surface area contributed by atoms with Gasteiger partial charge in [-0.1, -0.05) is 30.3 Å². The molecule has 0 aliphatic carbocycles. The second kappa shape index (κ2) is 17.1. The van der Waals surface area contributed by atoms with Crippen molar-refractivity contribution in [2.45, 2.75) is 37.8 Å². The van der Waals surface area contributed by atoms with Crippen LogP contribution >= 0.6 is 0 Å². The Bertz CT molecular complexity index is 2120. The third-order valence-electron chi connectivity index (χ3n) is 10.7. The number of nitrogens with zero attached hydrogens (tertiary/aromatic N) is 9. The van der Waals surface area contributed by atoms with E-state index in [-0.39, 0.29) is 30.6 Å². The van der Waals surface area contributed by atoms with Gasteiger partial charge in [-0.3, -0.25) is 14.5 Å². The molecule has 0 bridgehead atoms. The number of carbonyl (C=O) groups excluding carboxylic acids is 3. The summed E-state index contributed by atoms with van der Waals surface area (Å²) in [5.41, 5.74) is 4.73. The molecule has 14 heteroatoms. The number of para-hydroxylation sites is 2. The molecule has 1 N–H and O–H groups in total. The molecule has 0 spiro atoms. The average Bonchev–Trinajstić information content (AvgIpc) is 3.89. The molecule has 0 radical (unpaired) electrons. The number of nitrogens with one attached hydrogen (secondary N) is 1. The highest BCUT2D eigenvalue weighted by atomic mass is 19.1. The Morgan fingerprint density at radius 3 is 2.53 bits per heavy atom. The topological polar surface area (TPSA) is 123 Å². The maximum atomic E-state index is 14.1. The summed E-state index contributed by atoms with van der Waals surface area (Å²) in [6.07, 6.45) is 5.60. The molecular formula is C41H47FN10O3. The number of hydrogen-bond acceptors (Lipinski definition) is 10. The van der Waals surface area contributed by atoms with Crippen molar-refractivity contribution in [3.8, 4) is 11.4 Å². The van der Waals surface area contributed by atoms with E-state index < -0.39 is 6.04 Å². The fraction of sp³-hybridized carbons (Fsp3) is 0.366. The van der Waals surface area contributed by atoms with E-state index >= 15 is 0 Å². The van der Waals surface area contributed by atoms with Gasteiger partial charge in [-0.2, -0.15) is 0 Å².